The fourth-order valence-corrected chi connectivity index (χ4v) is 10.9. The third-order valence-electron chi connectivity index (χ3n) is 12.9. The third kappa shape index (κ3) is 6.42. The van der Waals surface area contributed by atoms with Crippen LogP contribution in [0.1, 0.15) is 72.8 Å². The van der Waals surface area contributed by atoms with Crippen molar-refractivity contribution in [2.45, 2.75) is 63.5 Å². The summed E-state index contributed by atoms with van der Waals surface area (Å²) >= 11 is 1.53. The fourth-order valence-electron chi connectivity index (χ4n) is 9.76. The Hall–Kier alpha value is -5.60. The number of thiophene rings is 1. The number of aromatic nitrogens is 4. The molecule has 0 spiro atoms. The van der Waals surface area contributed by atoms with Crippen LogP contribution in [0.5, 0.6) is 0 Å². The first-order chi connectivity index (χ1) is 28.2. The van der Waals surface area contributed by atoms with E-state index in [0.717, 1.165) is 111 Å². The van der Waals surface area contributed by atoms with Crippen LogP contribution in [0.25, 0.3) is 43.3 Å². The zero-order valence-corrected chi connectivity index (χ0v) is 33.6. The fraction of sp³-hybridized carbons (Fsp3) is 0.409. The maximum absolute atomic E-state index is 13.4. The standard InChI is InChI=1S/C44H47N9O4S/c1-25-22-46-39-38-29-11-13-31(48-32(29)14-16-36(38)58-41(39)43(56)47-25)28-10-12-30(45-23-28)27-8-6-26(7-9-27)24-51-18-20-52(21-19-51)33-4-3-5-34-40(33)50(2)44(57)53(34)35-15-17-37(54)49-42(35)55/h3-5,10-14,16,23,25-27,35,46H,6-9,15,17-22,24H2,1-2H3,(H,47,56)(H,49,54,55)/t25-,26-,27+,35?/m1/s1. The number of imide groups is 1. The van der Waals surface area contributed by atoms with Crippen LogP contribution in [-0.4, -0.2) is 87.0 Å². The first kappa shape index (κ1) is 36.7. The van der Waals surface area contributed by atoms with Gasteiger partial charge in [0, 0.05) is 97.6 Å². The minimum atomic E-state index is -0.690. The summed E-state index contributed by atoms with van der Waals surface area (Å²) in [5, 5.41) is 11.1. The van der Waals surface area contributed by atoms with Gasteiger partial charge in [-0.3, -0.25) is 38.7 Å². The van der Waals surface area contributed by atoms with Gasteiger partial charge in [-0.2, -0.15) is 0 Å². The number of nitrogens with one attached hydrogen (secondary N) is 3. The highest BCUT2D eigenvalue weighted by molar-refractivity contribution is 7.21. The molecule has 0 radical (unpaired) electrons. The van der Waals surface area contributed by atoms with Gasteiger partial charge in [0.1, 0.15) is 10.9 Å². The molecule has 2 atom stereocenters. The smallest absolute Gasteiger partial charge is 0.329 e. The van der Waals surface area contributed by atoms with Gasteiger partial charge in [-0.25, -0.2) is 9.78 Å². The van der Waals surface area contributed by atoms with Crippen molar-refractivity contribution in [2.24, 2.45) is 13.0 Å². The van der Waals surface area contributed by atoms with Crippen molar-refractivity contribution in [1.29, 1.82) is 0 Å². The first-order valence-corrected chi connectivity index (χ1v) is 21.4. The number of para-hydroxylation sites is 1. The molecule has 6 aromatic rings. The summed E-state index contributed by atoms with van der Waals surface area (Å²) in [4.78, 5) is 66.5. The number of piperazine rings is 1. The Kier molecular flexibility index (Phi) is 9.28. The van der Waals surface area contributed by atoms with Gasteiger partial charge >= 0.3 is 5.69 Å². The van der Waals surface area contributed by atoms with Gasteiger partial charge in [-0.05, 0) is 93.5 Å². The second-order valence-corrected chi connectivity index (χ2v) is 17.6. The zero-order valence-electron chi connectivity index (χ0n) is 32.8. The highest BCUT2D eigenvalue weighted by Crippen LogP contribution is 2.42. The minimum Gasteiger partial charge on any atom is -0.381 e. The SMILES string of the molecule is C[C@@H]1CNc2c(sc3ccc4nc(-c5ccc([C@H]6CC[C@@H](CN7CCN(c8cccc9c8n(C)c(=O)n9C8CCC(=O)NC8=O)CC7)CC6)nc5)ccc4c23)C(=O)N1. The van der Waals surface area contributed by atoms with E-state index in [1.165, 1.54) is 24.2 Å². The van der Waals surface area contributed by atoms with E-state index >= 15 is 0 Å². The Morgan fingerprint density at radius 1 is 0.897 bits per heavy atom. The number of pyridine rings is 2. The van der Waals surface area contributed by atoms with Crippen molar-refractivity contribution in [3.8, 4) is 11.3 Å². The lowest BCUT2D eigenvalue weighted by atomic mass is 9.80. The quantitative estimate of drug-likeness (QED) is 0.179. The van der Waals surface area contributed by atoms with Crippen LogP contribution in [-0.2, 0) is 16.6 Å². The summed E-state index contributed by atoms with van der Waals surface area (Å²) < 4.78 is 4.29. The first-order valence-electron chi connectivity index (χ1n) is 20.6. The molecule has 2 saturated heterocycles. The number of imidazole rings is 1. The molecule has 58 heavy (non-hydrogen) atoms. The summed E-state index contributed by atoms with van der Waals surface area (Å²) in [5.74, 6) is 0.394. The molecular formula is C44H47N9O4S. The number of anilines is 2. The van der Waals surface area contributed by atoms with Gasteiger partial charge in [-0.1, -0.05) is 6.07 Å². The van der Waals surface area contributed by atoms with Crippen molar-refractivity contribution in [1.82, 2.24) is 34.6 Å². The number of amides is 3. The molecule has 298 valence electrons. The van der Waals surface area contributed by atoms with Crippen molar-refractivity contribution < 1.29 is 14.4 Å². The van der Waals surface area contributed by atoms with Gasteiger partial charge in [0.05, 0.1) is 33.6 Å². The van der Waals surface area contributed by atoms with E-state index in [0.29, 0.717) is 24.8 Å². The average molecular weight is 798 g/mol. The normalized spacial score (nSPS) is 23.1. The highest BCUT2D eigenvalue weighted by Gasteiger charge is 2.33. The molecule has 1 unspecified atom stereocenters. The molecule has 7 heterocycles. The van der Waals surface area contributed by atoms with Crippen LogP contribution in [0, 0.1) is 5.92 Å². The number of fused-ring (bicyclic) bond motifs is 6. The van der Waals surface area contributed by atoms with E-state index in [-0.39, 0.29) is 30.0 Å². The van der Waals surface area contributed by atoms with E-state index in [1.807, 2.05) is 31.3 Å². The topological polar surface area (TPSA) is 146 Å². The summed E-state index contributed by atoms with van der Waals surface area (Å²) in [7, 11) is 1.77. The predicted molar refractivity (Wildman–Crippen MR) is 228 cm³/mol. The Labute approximate surface area is 339 Å². The second-order valence-electron chi connectivity index (χ2n) is 16.6. The minimum absolute atomic E-state index is 0.0224. The Morgan fingerprint density at radius 3 is 2.50 bits per heavy atom. The van der Waals surface area contributed by atoms with E-state index in [4.69, 9.17) is 9.97 Å². The average Bonchev–Trinajstić information content (AvgIpc) is 3.70. The Morgan fingerprint density at radius 2 is 1.72 bits per heavy atom. The number of hydrogen-bond acceptors (Lipinski definition) is 10. The molecule has 3 amide bonds. The van der Waals surface area contributed by atoms with Crippen molar-refractivity contribution >= 4 is 72.5 Å². The predicted octanol–water partition coefficient (Wildman–Crippen LogP) is 5.78. The summed E-state index contributed by atoms with van der Waals surface area (Å²) in [6.45, 7) is 7.43. The number of rotatable bonds is 6. The lowest BCUT2D eigenvalue weighted by Gasteiger charge is -2.39. The molecule has 3 fully saturated rings. The largest absolute Gasteiger partial charge is 0.381 e. The number of piperidine rings is 1. The summed E-state index contributed by atoms with van der Waals surface area (Å²) in [6.07, 6.45) is 7.17. The molecular weight excluding hydrogens is 751 g/mol. The van der Waals surface area contributed by atoms with Crippen LogP contribution in [0.4, 0.5) is 11.4 Å². The Bertz CT molecular complexity index is 2670. The molecule has 2 aromatic carbocycles. The lowest BCUT2D eigenvalue weighted by molar-refractivity contribution is -0.135. The number of hydrogen-bond donors (Lipinski definition) is 3. The van der Waals surface area contributed by atoms with Crippen molar-refractivity contribution in [3.63, 3.8) is 0 Å². The van der Waals surface area contributed by atoms with Gasteiger partial charge in [0.2, 0.25) is 11.8 Å². The molecule has 1 aliphatic carbocycles. The van der Waals surface area contributed by atoms with Gasteiger partial charge in [-0.15, -0.1) is 11.3 Å². The van der Waals surface area contributed by atoms with Crippen LogP contribution >= 0.6 is 11.3 Å². The highest BCUT2D eigenvalue weighted by atomic mass is 32.1. The number of carbonyl (C=O) groups excluding carboxylic acids is 3. The third-order valence-corrected chi connectivity index (χ3v) is 14.0. The molecule has 0 bridgehead atoms. The van der Waals surface area contributed by atoms with Crippen LogP contribution in [0.2, 0.25) is 0 Å². The van der Waals surface area contributed by atoms with Crippen LogP contribution in [0.15, 0.2) is 65.6 Å². The second kappa shape index (κ2) is 14.7. The molecule has 3 aliphatic heterocycles. The maximum atomic E-state index is 13.4. The van der Waals surface area contributed by atoms with Crippen molar-refractivity contribution in [2.75, 3.05) is 49.5 Å². The zero-order chi connectivity index (χ0) is 39.7. The maximum Gasteiger partial charge on any atom is 0.329 e. The molecule has 14 heteroatoms. The van der Waals surface area contributed by atoms with Gasteiger partial charge < -0.3 is 15.5 Å². The molecule has 4 aliphatic rings. The molecule has 4 aromatic heterocycles. The van der Waals surface area contributed by atoms with Gasteiger partial charge in [0.15, 0.2) is 0 Å². The van der Waals surface area contributed by atoms with Crippen LogP contribution < -0.4 is 26.5 Å². The van der Waals surface area contributed by atoms with E-state index in [1.54, 1.807) is 16.2 Å². The summed E-state index contributed by atoms with van der Waals surface area (Å²) in [5.41, 5.74) is 7.19. The van der Waals surface area contributed by atoms with Crippen LogP contribution in [0.3, 0.4) is 0 Å². The molecule has 1 saturated carbocycles. The summed E-state index contributed by atoms with van der Waals surface area (Å²) in [6, 6.07) is 18.0. The number of nitrogens with zero attached hydrogens (tertiary/aromatic N) is 6. The number of carbonyl (C=O) groups is 3. The number of aryl methyl sites for hydroxylation is 1. The lowest BCUT2D eigenvalue weighted by Crippen LogP contribution is -2.48. The molecule has 3 N–H and O–H groups in total. The molecule has 13 nitrogen and oxygen atoms in total. The number of benzene rings is 2. The van der Waals surface area contributed by atoms with E-state index in [2.05, 4.69) is 62.1 Å². The monoisotopic (exact) mass is 797 g/mol. The Balaban J connectivity index is 0.758. The van der Waals surface area contributed by atoms with E-state index < -0.39 is 11.9 Å². The van der Waals surface area contributed by atoms with Gasteiger partial charge in [0.25, 0.3) is 5.91 Å². The van der Waals surface area contributed by atoms with Crippen molar-refractivity contribution in [3.05, 3.63) is 81.8 Å². The molecule has 10 rings (SSSR count). The van der Waals surface area contributed by atoms with E-state index in [9.17, 15) is 19.2 Å².